The highest BCUT2D eigenvalue weighted by Gasteiger charge is 2.11. The van der Waals surface area contributed by atoms with Crippen LogP contribution in [-0.4, -0.2) is 12.1 Å². The first kappa shape index (κ1) is 19.0. The number of pyridine rings is 1. The number of hydrogen-bond acceptors (Lipinski definition) is 5. The van der Waals surface area contributed by atoms with Gasteiger partial charge in [0.2, 0.25) is 0 Å². The zero-order valence-corrected chi connectivity index (χ0v) is 16.2. The van der Waals surface area contributed by atoms with Crippen molar-refractivity contribution >= 4 is 33.9 Å². The van der Waals surface area contributed by atoms with Crippen LogP contribution in [0.5, 0.6) is 5.75 Å². The molecule has 29 heavy (non-hydrogen) atoms. The van der Waals surface area contributed by atoms with Crippen LogP contribution in [0.3, 0.4) is 0 Å². The Bertz CT molecular complexity index is 1180. The summed E-state index contributed by atoms with van der Waals surface area (Å²) in [5.74, 6) is 0.871. The molecule has 0 saturated carbocycles. The third-order valence-corrected chi connectivity index (χ3v) is 4.97. The summed E-state index contributed by atoms with van der Waals surface area (Å²) in [5.41, 5.74) is 11.3. The molecule has 7 heteroatoms. The van der Waals surface area contributed by atoms with Crippen molar-refractivity contribution in [3.05, 3.63) is 71.8 Å². The van der Waals surface area contributed by atoms with E-state index < -0.39 is 0 Å². The quantitative estimate of drug-likeness (QED) is 0.393. The third kappa shape index (κ3) is 3.81. The Kier molecular flexibility index (Phi) is 5.20. The van der Waals surface area contributed by atoms with Crippen LogP contribution in [0.4, 0.5) is 16.0 Å². The summed E-state index contributed by atoms with van der Waals surface area (Å²) in [7, 11) is 1.65. The molecule has 0 aliphatic rings. The van der Waals surface area contributed by atoms with E-state index in [4.69, 9.17) is 22.1 Å². The van der Waals surface area contributed by atoms with Crippen LogP contribution in [0.1, 0.15) is 0 Å². The van der Waals surface area contributed by atoms with Gasteiger partial charge in [0.25, 0.3) is 0 Å². The summed E-state index contributed by atoms with van der Waals surface area (Å²) in [4.78, 5) is 4.25. The molecule has 1 heterocycles. The fourth-order valence-corrected chi connectivity index (χ4v) is 3.44. The molecule has 146 valence electrons. The van der Waals surface area contributed by atoms with Crippen molar-refractivity contribution in [2.75, 3.05) is 18.3 Å². The molecule has 4 aromatic rings. The second kappa shape index (κ2) is 7.95. The number of benzene rings is 3. The Morgan fingerprint density at radius 3 is 2.31 bits per heavy atom. The first-order chi connectivity index (χ1) is 14.1. The van der Waals surface area contributed by atoms with Crippen LogP contribution in [-0.2, 0) is 5.04 Å². The smallest absolute Gasteiger partial charge is 0.176 e. The molecule has 4 rings (SSSR count). The van der Waals surface area contributed by atoms with Gasteiger partial charge in [-0.1, -0.05) is 59.1 Å². The maximum atomic E-state index is 12.1. The first-order valence-electron chi connectivity index (χ1n) is 8.77. The lowest BCUT2D eigenvalue weighted by Crippen LogP contribution is -2.02. The number of fused-ring (bicyclic) bond motifs is 1. The Morgan fingerprint density at radius 2 is 1.59 bits per heavy atom. The van der Waals surface area contributed by atoms with Gasteiger partial charge in [-0.2, -0.15) is 0 Å². The van der Waals surface area contributed by atoms with Gasteiger partial charge in [-0.15, -0.1) is 0 Å². The molecule has 0 unspecified atom stereocenters. The Balaban J connectivity index is 1.69. The molecule has 3 N–H and O–H groups in total. The van der Waals surface area contributed by atoms with Crippen LogP contribution in [0.25, 0.3) is 33.2 Å². The van der Waals surface area contributed by atoms with Gasteiger partial charge in [-0.25, -0.2) is 10.5 Å². The second-order valence-electron chi connectivity index (χ2n) is 6.44. The number of nitrogens with two attached hydrogens (primary N) is 1. The Morgan fingerprint density at radius 1 is 0.897 bits per heavy atom. The van der Waals surface area contributed by atoms with E-state index in [1.807, 2.05) is 47.9 Å². The van der Waals surface area contributed by atoms with Crippen LogP contribution in [0.2, 0.25) is 5.02 Å². The second-order valence-corrected chi connectivity index (χ2v) is 6.85. The van der Waals surface area contributed by atoms with Gasteiger partial charge in [0.05, 0.1) is 23.5 Å². The van der Waals surface area contributed by atoms with Gasteiger partial charge in [-0.3, -0.25) is 0 Å². The number of hydrogen-bond donors (Lipinski definition) is 2. The number of nitrogens with one attached hydrogen (secondary N) is 1. The fraction of sp³-hybridized carbons (Fsp3) is 0.0455. The van der Waals surface area contributed by atoms with Crippen molar-refractivity contribution in [1.82, 2.24) is 4.98 Å². The zero-order chi connectivity index (χ0) is 20.4. The Labute approximate surface area is 171 Å². The standard InChI is InChI=1S/C22H17ClFN3O2/c1-28-18-9-8-14-4-7-16(10-17(14)11-18)13-2-5-15(6-3-13)21-19(23)12-20(25)22(26-21)27-29-24/h2-12H,25H2,1H3,(H,26,27). The summed E-state index contributed by atoms with van der Waals surface area (Å²) in [6, 6.07) is 21.5. The normalized spacial score (nSPS) is 10.9. The van der Waals surface area contributed by atoms with E-state index in [1.54, 1.807) is 7.11 Å². The molecule has 3 aromatic carbocycles. The third-order valence-electron chi connectivity index (χ3n) is 4.68. The SMILES string of the molecule is COc1ccc2ccc(-c3ccc(-c4nc(NOF)c(N)cc4Cl)cc3)cc2c1. The minimum Gasteiger partial charge on any atom is -0.497 e. The minimum absolute atomic E-state index is 0.0550. The lowest BCUT2D eigenvalue weighted by molar-refractivity contribution is -0.0977. The Hall–Kier alpha value is -3.35. The van der Waals surface area contributed by atoms with Crippen LogP contribution >= 0.6 is 11.6 Å². The summed E-state index contributed by atoms with van der Waals surface area (Å²) in [6.45, 7) is 0. The molecular weight excluding hydrogens is 393 g/mol. The van der Waals surface area contributed by atoms with Gasteiger partial charge in [0.1, 0.15) is 5.75 Å². The highest BCUT2D eigenvalue weighted by molar-refractivity contribution is 6.33. The number of rotatable bonds is 5. The molecule has 1 aromatic heterocycles. The molecule has 0 atom stereocenters. The van der Waals surface area contributed by atoms with Gasteiger partial charge in [0, 0.05) is 5.56 Å². The van der Waals surface area contributed by atoms with Crippen molar-refractivity contribution < 1.29 is 14.3 Å². The van der Waals surface area contributed by atoms with E-state index in [0.717, 1.165) is 33.2 Å². The minimum atomic E-state index is 0.0550. The van der Waals surface area contributed by atoms with Crippen LogP contribution in [0.15, 0.2) is 66.7 Å². The van der Waals surface area contributed by atoms with Gasteiger partial charge < -0.3 is 10.5 Å². The number of nitrogens with zero attached hydrogens (tertiary/aromatic N) is 1. The van der Waals surface area contributed by atoms with E-state index in [9.17, 15) is 4.53 Å². The van der Waals surface area contributed by atoms with E-state index in [2.05, 4.69) is 28.2 Å². The topological polar surface area (TPSA) is 69.4 Å². The van der Waals surface area contributed by atoms with Crippen molar-refractivity contribution in [3.63, 3.8) is 0 Å². The van der Waals surface area contributed by atoms with Crippen molar-refractivity contribution in [3.8, 4) is 28.1 Å². The monoisotopic (exact) mass is 409 g/mol. The first-order valence-corrected chi connectivity index (χ1v) is 9.15. The number of methoxy groups -OCH3 is 1. The molecule has 0 aliphatic heterocycles. The molecule has 0 bridgehead atoms. The van der Waals surface area contributed by atoms with E-state index >= 15 is 0 Å². The van der Waals surface area contributed by atoms with Crippen molar-refractivity contribution in [1.29, 1.82) is 0 Å². The number of anilines is 2. The molecule has 0 aliphatic carbocycles. The van der Waals surface area contributed by atoms with E-state index in [-0.39, 0.29) is 11.5 Å². The molecule has 0 fully saturated rings. The lowest BCUT2D eigenvalue weighted by atomic mass is 9.99. The molecular formula is C22H17ClFN3O2. The summed E-state index contributed by atoms with van der Waals surface area (Å²) >= 11 is 6.27. The van der Waals surface area contributed by atoms with Gasteiger partial charge in [0.15, 0.2) is 5.82 Å². The number of ether oxygens (including phenoxy) is 1. The van der Waals surface area contributed by atoms with Crippen molar-refractivity contribution in [2.24, 2.45) is 0 Å². The largest absolute Gasteiger partial charge is 0.497 e. The predicted molar refractivity (Wildman–Crippen MR) is 114 cm³/mol. The van der Waals surface area contributed by atoms with Crippen molar-refractivity contribution in [2.45, 2.75) is 0 Å². The number of nitrogen functional groups attached to an aromatic ring is 1. The van der Waals surface area contributed by atoms with E-state index in [0.29, 0.717) is 10.7 Å². The average molecular weight is 410 g/mol. The fourth-order valence-electron chi connectivity index (χ4n) is 3.18. The highest BCUT2D eigenvalue weighted by Crippen LogP contribution is 2.33. The molecule has 0 spiro atoms. The zero-order valence-electron chi connectivity index (χ0n) is 15.4. The van der Waals surface area contributed by atoms with Gasteiger partial charge in [-0.05, 0) is 50.7 Å². The summed E-state index contributed by atoms with van der Waals surface area (Å²) in [5, 5.41) is 6.01. The van der Waals surface area contributed by atoms with Gasteiger partial charge >= 0.3 is 0 Å². The van der Waals surface area contributed by atoms with Crippen LogP contribution in [0, 0.1) is 0 Å². The number of halogens is 2. The summed E-state index contributed by atoms with van der Waals surface area (Å²) in [6.07, 6.45) is 0. The predicted octanol–water partition coefficient (Wildman–Crippen LogP) is 6.04. The maximum Gasteiger partial charge on any atom is 0.176 e. The molecule has 0 amide bonds. The highest BCUT2D eigenvalue weighted by atomic mass is 35.5. The average Bonchev–Trinajstić information content (AvgIpc) is 2.75. The number of aromatic nitrogens is 1. The van der Waals surface area contributed by atoms with Crippen LogP contribution < -0.4 is 16.0 Å². The molecule has 0 saturated heterocycles. The maximum absolute atomic E-state index is 12.1. The summed E-state index contributed by atoms with van der Waals surface area (Å²) < 4.78 is 17.5. The molecule has 5 nitrogen and oxygen atoms in total. The molecule has 0 radical (unpaired) electrons. The lowest BCUT2D eigenvalue weighted by Gasteiger charge is -2.10. The van der Waals surface area contributed by atoms with E-state index in [1.165, 1.54) is 6.07 Å².